The quantitative estimate of drug-likeness (QED) is 0.212. The summed E-state index contributed by atoms with van der Waals surface area (Å²) >= 11 is 0. The van der Waals surface area contributed by atoms with Crippen LogP contribution in [-0.2, 0) is 25.0 Å². The van der Waals surface area contributed by atoms with Gasteiger partial charge in [0.05, 0.1) is 6.61 Å². The molecule has 0 saturated carbocycles. The Morgan fingerprint density at radius 2 is 1.32 bits per heavy atom. The fraction of sp³-hybridized carbons (Fsp3) is 1.00. The van der Waals surface area contributed by atoms with E-state index in [0.717, 1.165) is 25.7 Å². The van der Waals surface area contributed by atoms with Crippen LogP contribution in [0.25, 0.3) is 0 Å². The van der Waals surface area contributed by atoms with Gasteiger partial charge in [-0.25, -0.2) is 4.18 Å². The van der Waals surface area contributed by atoms with Gasteiger partial charge in [-0.3, -0.25) is 13.0 Å². The van der Waals surface area contributed by atoms with Crippen molar-refractivity contribution in [1.82, 2.24) is 0 Å². The largest absolute Gasteiger partial charge is 1.00 e. The smallest absolute Gasteiger partial charge is 0.759 e. The van der Waals surface area contributed by atoms with Gasteiger partial charge in [-0.15, -0.1) is 0 Å². The maximum Gasteiger partial charge on any atom is 1.00 e. The maximum atomic E-state index is 10.1. The molecule has 0 aliphatic rings. The molecule has 0 unspecified atom stereocenters. The van der Waals surface area contributed by atoms with Crippen molar-refractivity contribution in [2.75, 3.05) is 6.61 Å². The van der Waals surface area contributed by atoms with Gasteiger partial charge in [0, 0.05) is 10.4 Å². The van der Waals surface area contributed by atoms with Crippen molar-refractivity contribution in [3.63, 3.8) is 0 Å². The minimum absolute atomic E-state index is 0. The minimum atomic E-state index is -5.17. The summed E-state index contributed by atoms with van der Waals surface area (Å²) in [6, 6.07) is 0. The molecule has 0 amide bonds. The van der Waals surface area contributed by atoms with Gasteiger partial charge in [-0.05, 0) is 6.42 Å². The van der Waals surface area contributed by atoms with E-state index in [1.165, 1.54) is 0 Å². The first kappa shape index (κ1) is 28.1. The molecule has 0 heterocycles. The zero-order chi connectivity index (χ0) is 13.9. The summed E-state index contributed by atoms with van der Waals surface area (Å²) in [7, 11) is -9.38. The number of hydrogen-bond acceptors (Lipinski definition) is 7. The SMILES string of the molecule is CCCCCCCOS(=O)(=O)O.O=S(=O)([O-])[O-].[Li+].[Li+]. The molecule has 106 valence electrons. The summed E-state index contributed by atoms with van der Waals surface area (Å²) in [6.07, 6.45) is 5.03. The Hall–Kier alpha value is 0.935. The molecule has 1 N–H and O–H groups in total. The monoisotopic (exact) mass is 306 g/mol. The van der Waals surface area contributed by atoms with Crippen molar-refractivity contribution in [3.8, 4) is 0 Å². The molecule has 0 aliphatic carbocycles. The minimum Gasteiger partial charge on any atom is -0.759 e. The summed E-state index contributed by atoms with van der Waals surface area (Å²) in [4.78, 5) is 0. The van der Waals surface area contributed by atoms with E-state index in [0.29, 0.717) is 6.42 Å². The van der Waals surface area contributed by atoms with Gasteiger partial charge in [0.25, 0.3) is 0 Å². The van der Waals surface area contributed by atoms with E-state index >= 15 is 0 Å². The fourth-order valence-corrected chi connectivity index (χ4v) is 1.20. The summed E-state index contributed by atoms with van der Waals surface area (Å²) in [5.41, 5.74) is 0. The molecule has 0 rings (SSSR count). The zero-order valence-corrected chi connectivity index (χ0v) is 13.0. The molecule has 0 fully saturated rings. The topological polar surface area (TPSA) is 144 Å². The molecule has 0 atom stereocenters. The standard InChI is InChI=1S/C7H16O4S.2Li.H2O4S/c1-2-3-4-5-6-7-11-12(8,9)10;;;1-5(2,3)4/h2-7H2,1H3,(H,8,9,10);;;(H2,1,2,3,4)/q;2*+1;/p-2. The van der Waals surface area contributed by atoms with E-state index in [4.69, 9.17) is 22.1 Å². The van der Waals surface area contributed by atoms with Crippen LogP contribution >= 0.6 is 0 Å². The van der Waals surface area contributed by atoms with Crippen molar-refractivity contribution in [1.29, 1.82) is 0 Å². The van der Waals surface area contributed by atoms with Crippen molar-refractivity contribution < 1.29 is 72.4 Å². The first-order valence-electron chi connectivity index (χ1n) is 4.85. The van der Waals surface area contributed by atoms with E-state index in [1.54, 1.807) is 0 Å². The Morgan fingerprint density at radius 1 is 0.947 bits per heavy atom. The molecule has 0 radical (unpaired) electrons. The Labute approximate surface area is 138 Å². The fourth-order valence-electron chi connectivity index (χ4n) is 0.870. The zero-order valence-electron chi connectivity index (χ0n) is 11.4. The first-order chi connectivity index (χ1) is 7.56. The first-order valence-corrected chi connectivity index (χ1v) is 7.54. The van der Waals surface area contributed by atoms with E-state index in [1.807, 2.05) is 0 Å². The Kier molecular flexibility index (Phi) is 22.7. The summed E-state index contributed by atoms with van der Waals surface area (Å²) in [5.74, 6) is 0. The second kappa shape index (κ2) is 15.3. The molecule has 0 aromatic heterocycles. The average Bonchev–Trinajstić information content (AvgIpc) is 2.06. The second-order valence-corrected chi connectivity index (χ2v) is 4.98. The van der Waals surface area contributed by atoms with Gasteiger partial charge >= 0.3 is 48.1 Å². The van der Waals surface area contributed by atoms with Crippen LogP contribution in [0.5, 0.6) is 0 Å². The van der Waals surface area contributed by atoms with Crippen LogP contribution in [0.3, 0.4) is 0 Å². The van der Waals surface area contributed by atoms with Gasteiger partial charge in [0.1, 0.15) is 0 Å². The molecule has 0 aliphatic heterocycles. The van der Waals surface area contributed by atoms with Gasteiger partial charge in [0.15, 0.2) is 0 Å². The molecule has 19 heavy (non-hydrogen) atoms. The Bertz CT molecular complexity index is 359. The predicted molar refractivity (Wildman–Crippen MR) is 56.7 cm³/mol. The van der Waals surface area contributed by atoms with Crippen LogP contribution < -0.4 is 37.7 Å². The van der Waals surface area contributed by atoms with E-state index in [-0.39, 0.29) is 44.3 Å². The number of hydrogen-bond donors (Lipinski definition) is 1. The Balaban J connectivity index is -0.000000139. The molecule has 0 spiro atoms. The van der Waals surface area contributed by atoms with Gasteiger partial charge < -0.3 is 9.11 Å². The van der Waals surface area contributed by atoms with Crippen molar-refractivity contribution in [2.24, 2.45) is 0 Å². The van der Waals surface area contributed by atoms with Gasteiger partial charge in [-0.1, -0.05) is 32.6 Å². The Morgan fingerprint density at radius 3 is 1.63 bits per heavy atom. The summed E-state index contributed by atoms with van der Waals surface area (Å²) < 4.78 is 66.5. The maximum absolute atomic E-state index is 10.1. The molecule has 0 saturated heterocycles. The van der Waals surface area contributed by atoms with E-state index in [2.05, 4.69) is 11.1 Å². The van der Waals surface area contributed by atoms with Crippen LogP contribution in [-0.4, -0.2) is 37.1 Å². The van der Waals surface area contributed by atoms with Crippen LogP contribution in [0.1, 0.15) is 39.0 Å². The third-order valence-electron chi connectivity index (χ3n) is 1.48. The van der Waals surface area contributed by atoms with Gasteiger partial charge in [-0.2, -0.15) is 8.42 Å². The third kappa shape index (κ3) is 55.0. The predicted octanol–water partition coefficient (Wildman–Crippen LogP) is -5.55. The normalized spacial score (nSPS) is 10.5. The molecule has 12 heteroatoms. The number of rotatable bonds is 7. The average molecular weight is 306 g/mol. The summed E-state index contributed by atoms with van der Waals surface area (Å²) in [6.45, 7) is 2.19. The van der Waals surface area contributed by atoms with Crippen molar-refractivity contribution >= 4 is 20.8 Å². The molecule has 0 bridgehead atoms. The van der Waals surface area contributed by atoms with Crippen LogP contribution in [0.2, 0.25) is 0 Å². The van der Waals surface area contributed by atoms with Crippen molar-refractivity contribution in [3.05, 3.63) is 0 Å². The molecule has 0 aromatic rings. The van der Waals surface area contributed by atoms with E-state index < -0.39 is 20.8 Å². The summed E-state index contributed by atoms with van der Waals surface area (Å²) in [5, 5.41) is 0. The van der Waals surface area contributed by atoms with Crippen LogP contribution in [0, 0.1) is 0 Å². The van der Waals surface area contributed by atoms with E-state index in [9.17, 15) is 8.42 Å². The van der Waals surface area contributed by atoms with Gasteiger partial charge in [0.2, 0.25) is 0 Å². The second-order valence-electron chi connectivity index (χ2n) is 3.07. The van der Waals surface area contributed by atoms with Crippen LogP contribution in [0.4, 0.5) is 0 Å². The van der Waals surface area contributed by atoms with Crippen molar-refractivity contribution in [2.45, 2.75) is 39.0 Å². The molecular weight excluding hydrogens is 290 g/mol. The third-order valence-corrected chi connectivity index (χ3v) is 1.94. The molecule has 0 aromatic carbocycles. The van der Waals surface area contributed by atoms with Crippen LogP contribution in [0.15, 0.2) is 0 Å². The number of unbranched alkanes of at least 4 members (excludes halogenated alkanes) is 4. The molecular formula is C7H16Li2O8S2. The molecule has 8 nitrogen and oxygen atoms in total.